The third-order valence-electron chi connectivity index (χ3n) is 2.12. The molecular formula is C11H18N2O2. The molecular weight excluding hydrogens is 192 g/mol. The number of nitrogens with one attached hydrogen (secondary N) is 2. The third kappa shape index (κ3) is 3.75. The number of hydrogen-bond donors (Lipinski definition) is 2. The topological polar surface area (TPSA) is 54.3 Å². The van der Waals surface area contributed by atoms with Crippen molar-refractivity contribution in [3.8, 4) is 0 Å². The van der Waals surface area contributed by atoms with Crippen molar-refractivity contribution in [2.75, 3.05) is 19.6 Å². The van der Waals surface area contributed by atoms with Crippen LogP contribution >= 0.6 is 0 Å². The Morgan fingerprint density at radius 1 is 1.40 bits per heavy atom. The molecule has 4 nitrogen and oxygen atoms in total. The first-order valence-corrected chi connectivity index (χ1v) is 5.28. The smallest absolute Gasteiger partial charge is 0.254 e. The van der Waals surface area contributed by atoms with Crippen molar-refractivity contribution in [1.29, 1.82) is 0 Å². The minimum Gasteiger partial charge on any atom is -0.469 e. The number of aryl methyl sites for hydroxylation is 1. The molecule has 0 saturated heterocycles. The van der Waals surface area contributed by atoms with Crippen LogP contribution in [-0.2, 0) is 0 Å². The van der Waals surface area contributed by atoms with Gasteiger partial charge in [-0.3, -0.25) is 4.79 Å². The molecule has 0 bridgehead atoms. The second-order valence-electron chi connectivity index (χ2n) is 3.40. The zero-order valence-electron chi connectivity index (χ0n) is 9.30. The summed E-state index contributed by atoms with van der Waals surface area (Å²) in [5.74, 6) is 0.591. The fraction of sp³-hybridized carbons (Fsp3) is 0.545. The van der Waals surface area contributed by atoms with Gasteiger partial charge in [-0.1, -0.05) is 6.92 Å². The van der Waals surface area contributed by atoms with Crippen molar-refractivity contribution < 1.29 is 9.21 Å². The highest BCUT2D eigenvalue weighted by Crippen LogP contribution is 2.07. The molecule has 0 fully saturated rings. The standard InChI is InChI=1S/C11H18N2O2/c1-3-5-12-6-7-13-11(14)10-4-8-15-9(10)2/h4,8,12H,3,5-7H2,1-2H3,(H,13,14). The first kappa shape index (κ1) is 11.8. The van der Waals surface area contributed by atoms with Crippen LogP contribution in [0.1, 0.15) is 29.5 Å². The van der Waals surface area contributed by atoms with Crippen LogP contribution in [0.15, 0.2) is 16.7 Å². The number of hydrogen-bond acceptors (Lipinski definition) is 3. The Labute approximate surface area is 90.0 Å². The van der Waals surface area contributed by atoms with Crippen molar-refractivity contribution in [1.82, 2.24) is 10.6 Å². The number of rotatable bonds is 6. The molecule has 84 valence electrons. The molecule has 1 amide bonds. The molecule has 15 heavy (non-hydrogen) atoms. The summed E-state index contributed by atoms with van der Waals surface area (Å²) in [6.07, 6.45) is 2.63. The minimum absolute atomic E-state index is 0.0699. The zero-order chi connectivity index (χ0) is 11.1. The molecule has 0 unspecified atom stereocenters. The van der Waals surface area contributed by atoms with Crippen molar-refractivity contribution >= 4 is 5.91 Å². The molecule has 0 spiro atoms. The predicted molar refractivity (Wildman–Crippen MR) is 58.9 cm³/mol. The van der Waals surface area contributed by atoms with Gasteiger partial charge in [-0.15, -0.1) is 0 Å². The largest absolute Gasteiger partial charge is 0.469 e. The lowest BCUT2D eigenvalue weighted by Gasteiger charge is -2.05. The second kappa shape index (κ2) is 6.24. The first-order chi connectivity index (χ1) is 7.25. The summed E-state index contributed by atoms with van der Waals surface area (Å²) in [6, 6.07) is 1.68. The molecule has 0 aliphatic carbocycles. The van der Waals surface area contributed by atoms with Crippen LogP contribution in [0, 0.1) is 6.92 Å². The Morgan fingerprint density at radius 3 is 2.80 bits per heavy atom. The zero-order valence-corrected chi connectivity index (χ0v) is 9.30. The van der Waals surface area contributed by atoms with E-state index in [9.17, 15) is 4.79 Å². The molecule has 1 aromatic rings. The quantitative estimate of drug-likeness (QED) is 0.696. The van der Waals surface area contributed by atoms with Crippen LogP contribution in [0.25, 0.3) is 0 Å². The van der Waals surface area contributed by atoms with Gasteiger partial charge in [-0.05, 0) is 26.0 Å². The van der Waals surface area contributed by atoms with E-state index in [-0.39, 0.29) is 5.91 Å². The van der Waals surface area contributed by atoms with Crippen molar-refractivity contribution in [2.45, 2.75) is 20.3 Å². The van der Waals surface area contributed by atoms with Gasteiger partial charge >= 0.3 is 0 Å². The molecule has 2 N–H and O–H groups in total. The van der Waals surface area contributed by atoms with Gasteiger partial charge < -0.3 is 15.1 Å². The van der Waals surface area contributed by atoms with E-state index in [1.165, 1.54) is 6.26 Å². The average molecular weight is 210 g/mol. The SMILES string of the molecule is CCCNCCNC(=O)c1ccoc1C. The van der Waals surface area contributed by atoms with Crippen LogP contribution in [-0.4, -0.2) is 25.5 Å². The fourth-order valence-electron chi connectivity index (χ4n) is 1.28. The molecule has 1 heterocycles. The molecule has 0 radical (unpaired) electrons. The van der Waals surface area contributed by atoms with Gasteiger partial charge in [0.05, 0.1) is 11.8 Å². The Hall–Kier alpha value is -1.29. The summed E-state index contributed by atoms with van der Waals surface area (Å²) in [4.78, 5) is 11.6. The van der Waals surface area contributed by atoms with Gasteiger partial charge in [0, 0.05) is 13.1 Å². The van der Waals surface area contributed by atoms with E-state index in [4.69, 9.17) is 4.42 Å². The summed E-state index contributed by atoms with van der Waals surface area (Å²) < 4.78 is 5.05. The fourth-order valence-corrected chi connectivity index (χ4v) is 1.28. The predicted octanol–water partition coefficient (Wildman–Crippen LogP) is 1.32. The van der Waals surface area contributed by atoms with Crippen LogP contribution in [0.5, 0.6) is 0 Å². The van der Waals surface area contributed by atoms with E-state index in [0.29, 0.717) is 17.9 Å². The van der Waals surface area contributed by atoms with Crippen LogP contribution in [0.2, 0.25) is 0 Å². The molecule has 0 aliphatic heterocycles. The summed E-state index contributed by atoms with van der Waals surface area (Å²) in [7, 11) is 0. The van der Waals surface area contributed by atoms with Crippen LogP contribution < -0.4 is 10.6 Å². The van der Waals surface area contributed by atoms with Gasteiger partial charge in [0.2, 0.25) is 0 Å². The summed E-state index contributed by atoms with van der Waals surface area (Å²) in [5.41, 5.74) is 0.616. The summed E-state index contributed by atoms with van der Waals surface area (Å²) in [5, 5.41) is 6.04. The lowest BCUT2D eigenvalue weighted by molar-refractivity contribution is 0.0952. The summed E-state index contributed by atoms with van der Waals surface area (Å²) in [6.45, 7) is 6.32. The Bertz CT molecular complexity index is 307. The Morgan fingerprint density at radius 2 is 2.20 bits per heavy atom. The van der Waals surface area contributed by atoms with E-state index in [2.05, 4.69) is 17.6 Å². The van der Waals surface area contributed by atoms with Crippen molar-refractivity contribution in [3.63, 3.8) is 0 Å². The van der Waals surface area contributed by atoms with Crippen molar-refractivity contribution in [2.24, 2.45) is 0 Å². The summed E-state index contributed by atoms with van der Waals surface area (Å²) >= 11 is 0. The molecule has 4 heteroatoms. The maximum Gasteiger partial charge on any atom is 0.254 e. The van der Waals surface area contributed by atoms with Crippen molar-refractivity contribution in [3.05, 3.63) is 23.7 Å². The normalized spacial score (nSPS) is 10.3. The van der Waals surface area contributed by atoms with Gasteiger partial charge in [0.1, 0.15) is 5.76 Å². The van der Waals surface area contributed by atoms with E-state index >= 15 is 0 Å². The molecule has 0 aliphatic rings. The number of amides is 1. The molecule has 0 atom stereocenters. The third-order valence-corrected chi connectivity index (χ3v) is 2.12. The van der Waals surface area contributed by atoms with Crippen LogP contribution in [0.4, 0.5) is 0 Å². The van der Waals surface area contributed by atoms with E-state index in [1.54, 1.807) is 13.0 Å². The number of furan rings is 1. The van der Waals surface area contributed by atoms with Gasteiger partial charge in [-0.2, -0.15) is 0 Å². The van der Waals surface area contributed by atoms with Gasteiger partial charge in [0.15, 0.2) is 0 Å². The Balaban J connectivity index is 2.22. The Kier molecular flexibility index (Phi) is 4.90. The van der Waals surface area contributed by atoms with Gasteiger partial charge in [-0.25, -0.2) is 0 Å². The van der Waals surface area contributed by atoms with E-state index in [0.717, 1.165) is 19.5 Å². The maximum atomic E-state index is 11.6. The average Bonchev–Trinajstić information content (AvgIpc) is 2.64. The van der Waals surface area contributed by atoms with E-state index < -0.39 is 0 Å². The highest BCUT2D eigenvalue weighted by atomic mass is 16.3. The van der Waals surface area contributed by atoms with Gasteiger partial charge in [0.25, 0.3) is 5.91 Å². The maximum absolute atomic E-state index is 11.6. The monoisotopic (exact) mass is 210 g/mol. The second-order valence-corrected chi connectivity index (χ2v) is 3.40. The molecule has 0 aromatic carbocycles. The molecule has 0 saturated carbocycles. The lowest BCUT2D eigenvalue weighted by Crippen LogP contribution is -2.32. The highest BCUT2D eigenvalue weighted by Gasteiger charge is 2.09. The highest BCUT2D eigenvalue weighted by molar-refractivity contribution is 5.94. The molecule has 1 rings (SSSR count). The first-order valence-electron chi connectivity index (χ1n) is 5.28. The number of carbonyl (C=O) groups is 1. The molecule has 1 aromatic heterocycles. The minimum atomic E-state index is -0.0699. The van der Waals surface area contributed by atoms with E-state index in [1.807, 2.05) is 0 Å². The lowest BCUT2D eigenvalue weighted by atomic mass is 10.2. The number of carbonyl (C=O) groups excluding carboxylic acids is 1. The van der Waals surface area contributed by atoms with Crippen LogP contribution in [0.3, 0.4) is 0 Å².